The first-order valence-corrected chi connectivity index (χ1v) is 4.68. The van der Waals surface area contributed by atoms with E-state index in [0.717, 1.165) is 12.8 Å². The molecule has 2 unspecified atom stereocenters. The van der Waals surface area contributed by atoms with E-state index in [9.17, 15) is 0 Å². The highest BCUT2D eigenvalue weighted by atomic mass is 32.2. The molecule has 0 amide bonds. The van der Waals surface area contributed by atoms with Crippen LogP contribution in [-0.4, -0.2) is 15.5 Å². The van der Waals surface area contributed by atoms with E-state index in [1.54, 1.807) is 0 Å². The van der Waals surface area contributed by atoms with Gasteiger partial charge in [-0.3, -0.25) is 0 Å². The third kappa shape index (κ3) is 0.864. The summed E-state index contributed by atoms with van der Waals surface area (Å²) < 4.78 is 0. The van der Waals surface area contributed by atoms with Gasteiger partial charge in [0.05, 0.1) is 6.07 Å². The molecule has 0 aromatic rings. The van der Waals surface area contributed by atoms with E-state index in [4.69, 9.17) is 10.5 Å². The van der Waals surface area contributed by atoms with Crippen molar-refractivity contribution in [1.82, 2.24) is 0 Å². The first-order valence-electron chi connectivity index (χ1n) is 3.80. The molecule has 2 aliphatic heterocycles. The highest BCUT2D eigenvalue weighted by Gasteiger charge is 2.43. The van der Waals surface area contributed by atoms with Gasteiger partial charge in [0.15, 0.2) is 0 Å². The van der Waals surface area contributed by atoms with Gasteiger partial charge in [0.1, 0.15) is 10.5 Å². The molecule has 1 N–H and O–H groups in total. The first-order chi connectivity index (χ1) is 5.80. The van der Waals surface area contributed by atoms with E-state index < -0.39 is 5.41 Å². The topological polar surface area (TPSA) is 56.4 Å². The molecule has 2 atom stereocenters. The zero-order valence-electron chi connectivity index (χ0n) is 6.40. The van der Waals surface area contributed by atoms with Gasteiger partial charge < -0.3 is 5.21 Å². The number of thioether (sulfide) groups is 1. The van der Waals surface area contributed by atoms with Crippen molar-refractivity contribution in [3.05, 3.63) is 12.2 Å². The van der Waals surface area contributed by atoms with Gasteiger partial charge in [-0.2, -0.15) is 5.26 Å². The van der Waals surface area contributed by atoms with Gasteiger partial charge in [0, 0.05) is 5.25 Å². The largest absolute Gasteiger partial charge is 0.410 e. The highest BCUT2D eigenvalue weighted by Crippen LogP contribution is 2.46. The second-order valence-corrected chi connectivity index (χ2v) is 4.27. The van der Waals surface area contributed by atoms with Crippen LogP contribution in [-0.2, 0) is 0 Å². The molecule has 0 saturated carbocycles. The Hall–Kier alpha value is -0.950. The quantitative estimate of drug-likeness (QED) is 0.351. The van der Waals surface area contributed by atoms with Gasteiger partial charge in [0.2, 0.25) is 0 Å². The van der Waals surface area contributed by atoms with Crippen LogP contribution in [0.15, 0.2) is 17.3 Å². The Labute approximate surface area is 74.8 Å². The summed E-state index contributed by atoms with van der Waals surface area (Å²) in [6.45, 7) is 0. The summed E-state index contributed by atoms with van der Waals surface area (Å²) >= 11 is 1.50. The van der Waals surface area contributed by atoms with Crippen LogP contribution in [0.5, 0.6) is 0 Å². The first kappa shape index (κ1) is 7.69. The second-order valence-electron chi connectivity index (χ2n) is 3.04. The minimum Gasteiger partial charge on any atom is -0.410 e. The maximum absolute atomic E-state index is 8.96. The Bertz CT molecular complexity index is 305. The maximum Gasteiger partial charge on any atom is 0.137 e. The molecule has 0 aromatic heterocycles. The fourth-order valence-corrected chi connectivity index (χ4v) is 2.75. The molecule has 0 aromatic carbocycles. The van der Waals surface area contributed by atoms with Crippen molar-refractivity contribution in [2.45, 2.75) is 18.1 Å². The van der Waals surface area contributed by atoms with Crippen LogP contribution in [0.25, 0.3) is 0 Å². The molecule has 0 radical (unpaired) electrons. The molecule has 3 nitrogen and oxygen atoms in total. The summed E-state index contributed by atoms with van der Waals surface area (Å²) in [7, 11) is 0. The number of fused-ring (bicyclic) bond motifs is 2. The number of hydrogen-bond donors (Lipinski definition) is 1. The van der Waals surface area contributed by atoms with Crippen molar-refractivity contribution in [2.75, 3.05) is 0 Å². The van der Waals surface area contributed by atoms with E-state index in [2.05, 4.69) is 11.2 Å². The molecule has 2 heterocycles. The van der Waals surface area contributed by atoms with Gasteiger partial charge in [-0.05, 0) is 12.8 Å². The summed E-state index contributed by atoms with van der Waals surface area (Å²) in [5.74, 6) is 0. The van der Waals surface area contributed by atoms with Crippen LogP contribution >= 0.6 is 11.8 Å². The van der Waals surface area contributed by atoms with Gasteiger partial charge >= 0.3 is 0 Å². The van der Waals surface area contributed by atoms with E-state index in [1.165, 1.54) is 11.8 Å². The lowest BCUT2D eigenvalue weighted by atomic mass is 9.80. The number of rotatable bonds is 0. The minimum atomic E-state index is -0.617. The Morgan fingerprint density at radius 3 is 3.08 bits per heavy atom. The number of hydrogen-bond acceptors (Lipinski definition) is 4. The van der Waals surface area contributed by atoms with Gasteiger partial charge in [-0.25, -0.2) is 0 Å². The summed E-state index contributed by atoms with van der Waals surface area (Å²) in [6, 6.07) is 2.21. The predicted octanol–water partition coefficient (Wildman–Crippen LogP) is 1.75. The lowest BCUT2D eigenvalue weighted by molar-refractivity contribution is 0.314. The Kier molecular flexibility index (Phi) is 1.62. The zero-order chi connectivity index (χ0) is 8.60. The minimum absolute atomic E-state index is 0.408. The van der Waals surface area contributed by atoms with E-state index >= 15 is 0 Å². The molecule has 3 rings (SSSR count). The molecule has 4 heteroatoms. The second kappa shape index (κ2) is 2.53. The third-order valence-corrected chi connectivity index (χ3v) is 3.72. The number of nitrogens with zero attached hydrogens (tertiary/aromatic N) is 2. The number of allylic oxidation sites excluding steroid dienone is 1. The van der Waals surface area contributed by atoms with E-state index in [0.29, 0.717) is 10.3 Å². The van der Waals surface area contributed by atoms with Crippen LogP contribution < -0.4 is 0 Å². The van der Waals surface area contributed by atoms with Crippen molar-refractivity contribution >= 4 is 16.8 Å². The maximum atomic E-state index is 8.96. The van der Waals surface area contributed by atoms with Crippen molar-refractivity contribution in [3.63, 3.8) is 0 Å². The van der Waals surface area contributed by atoms with Gasteiger partial charge in [0.25, 0.3) is 0 Å². The van der Waals surface area contributed by atoms with Crippen LogP contribution in [0.3, 0.4) is 0 Å². The summed E-state index contributed by atoms with van der Waals surface area (Å²) in [5.41, 5.74) is -0.617. The average Bonchev–Trinajstić information content (AvgIpc) is 2.19. The number of nitriles is 1. The molecule has 1 aliphatic carbocycles. The molecule has 0 spiro atoms. The zero-order valence-corrected chi connectivity index (χ0v) is 7.21. The van der Waals surface area contributed by atoms with Crippen LogP contribution in [0.1, 0.15) is 12.8 Å². The number of oxime groups is 1. The Morgan fingerprint density at radius 1 is 1.83 bits per heavy atom. The predicted molar refractivity (Wildman–Crippen MR) is 47.0 cm³/mol. The standard InChI is InChI=1S/C8H8N2OS/c9-5-8-3-1-6(2-4-8)12-7(8)10-11/h1,3,6,11H,2,4H2. The van der Waals surface area contributed by atoms with Crippen molar-refractivity contribution in [2.24, 2.45) is 10.6 Å². The summed E-state index contributed by atoms with van der Waals surface area (Å²) in [5, 5.41) is 21.8. The molecular formula is C8H8N2OS. The van der Waals surface area contributed by atoms with E-state index in [-0.39, 0.29) is 0 Å². The molecule has 2 bridgehead atoms. The molecular weight excluding hydrogens is 172 g/mol. The fourth-order valence-electron chi connectivity index (χ4n) is 1.60. The Balaban J connectivity index is 2.46. The van der Waals surface area contributed by atoms with E-state index in [1.807, 2.05) is 12.2 Å². The van der Waals surface area contributed by atoms with Gasteiger partial charge in [-0.15, -0.1) is 0 Å². The Morgan fingerprint density at radius 2 is 2.67 bits per heavy atom. The lowest BCUT2D eigenvalue weighted by Gasteiger charge is -2.36. The molecule has 1 fully saturated rings. The van der Waals surface area contributed by atoms with Crippen LogP contribution in [0.4, 0.5) is 0 Å². The molecule has 12 heavy (non-hydrogen) atoms. The van der Waals surface area contributed by atoms with Crippen molar-refractivity contribution in [3.8, 4) is 6.07 Å². The molecule has 1 saturated heterocycles. The van der Waals surface area contributed by atoms with Crippen molar-refractivity contribution < 1.29 is 5.21 Å². The fraction of sp³-hybridized carbons (Fsp3) is 0.500. The van der Waals surface area contributed by atoms with Crippen LogP contribution in [0, 0.1) is 16.7 Å². The monoisotopic (exact) mass is 180 g/mol. The van der Waals surface area contributed by atoms with Crippen molar-refractivity contribution in [1.29, 1.82) is 5.26 Å². The average molecular weight is 180 g/mol. The lowest BCUT2D eigenvalue weighted by Crippen LogP contribution is -2.36. The molecule has 3 aliphatic rings. The SMILES string of the molecule is N#CC12C=CC(CC1)SC2=NO. The smallest absolute Gasteiger partial charge is 0.137 e. The molecule has 62 valence electrons. The normalized spacial score (nSPS) is 41.6. The summed E-state index contributed by atoms with van der Waals surface area (Å²) in [6.07, 6.45) is 5.70. The van der Waals surface area contributed by atoms with Gasteiger partial charge in [-0.1, -0.05) is 29.1 Å². The highest BCUT2D eigenvalue weighted by molar-refractivity contribution is 8.14. The third-order valence-electron chi connectivity index (χ3n) is 2.35. The summed E-state index contributed by atoms with van der Waals surface area (Å²) in [4.78, 5) is 0. The van der Waals surface area contributed by atoms with Crippen LogP contribution in [0.2, 0.25) is 0 Å².